The topological polar surface area (TPSA) is 79.2 Å². The molecule has 0 radical (unpaired) electrons. The molecule has 0 heterocycles. The molecule has 0 aliphatic heterocycles. The van der Waals surface area contributed by atoms with Crippen molar-refractivity contribution in [3.63, 3.8) is 0 Å². The molecule has 0 spiro atoms. The molecule has 0 aliphatic rings. The lowest BCUT2D eigenvalue weighted by Gasteiger charge is -2.11. The van der Waals surface area contributed by atoms with Crippen LogP contribution in [-0.2, 0) is 10.0 Å². The summed E-state index contributed by atoms with van der Waals surface area (Å²) in [4.78, 5) is 0.0880. The van der Waals surface area contributed by atoms with Crippen molar-refractivity contribution < 1.29 is 13.2 Å². The maximum absolute atomic E-state index is 13.0. The van der Waals surface area contributed by atoms with Gasteiger partial charge >= 0.3 is 0 Å². The standard InChI is InChI=1S/C27H17ClN2O3S/c28-26-6-3-7-27(25(26)17-29)33-23-10-12-24(13-11-23)34(31,32)30-22-9-8-20-14-18-4-1-2-5-19(18)15-21(20)16-22/h1-16,30H. The molecule has 0 unspecified atom stereocenters. The zero-order chi connectivity index (χ0) is 23.7. The highest BCUT2D eigenvalue weighted by Gasteiger charge is 2.15. The molecule has 166 valence electrons. The van der Waals surface area contributed by atoms with Crippen LogP contribution in [0.2, 0.25) is 5.02 Å². The van der Waals surface area contributed by atoms with E-state index in [9.17, 15) is 13.7 Å². The van der Waals surface area contributed by atoms with Gasteiger partial charge in [-0.05, 0) is 82.2 Å². The summed E-state index contributed by atoms with van der Waals surface area (Å²) in [5.41, 5.74) is 0.687. The molecule has 7 heteroatoms. The lowest BCUT2D eigenvalue weighted by atomic mass is 10.0. The van der Waals surface area contributed by atoms with E-state index in [-0.39, 0.29) is 15.5 Å². The van der Waals surface area contributed by atoms with Crippen molar-refractivity contribution in [2.24, 2.45) is 0 Å². The number of nitrogens with one attached hydrogen (secondary N) is 1. The molecule has 5 aromatic rings. The van der Waals surface area contributed by atoms with E-state index in [2.05, 4.69) is 10.8 Å². The second-order valence-electron chi connectivity index (χ2n) is 7.67. The van der Waals surface area contributed by atoms with E-state index >= 15 is 0 Å². The van der Waals surface area contributed by atoms with Gasteiger partial charge in [0.2, 0.25) is 0 Å². The van der Waals surface area contributed by atoms with E-state index in [1.54, 1.807) is 24.3 Å². The van der Waals surface area contributed by atoms with Crippen molar-refractivity contribution in [2.75, 3.05) is 4.72 Å². The third-order valence-electron chi connectivity index (χ3n) is 5.41. The van der Waals surface area contributed by atoms with Gasteiger partial charge in [-0.3, -0.25) is 4.72 Å². The van der Waals surface area contributed by atoms with Gasteiger partial charge in [0.05, 0.1) is 9.92 Å². The minimum Gasteiger partial charge on any atom is -0.456 e. The summed E-state index contributed by atoms with van der Waals surface area (Å²) in [5, 5.41) is 13.8. The van der Waals surface area contributed by atoms with E-state index in [0.29, 0.717) is 17.2 Å². The normalized spacial score (nSPS) is 11.3. The Morgan fingerprint density at radius 2 is 1.44 bits per heavy atom. The van der Waals surface area contributed by atoms with Crippen molar-refractivity contribution >= 4 is 48.9 Å². The molecule has 0 aliphatic carbocycles. The number of benzene rings is 5. The monoisotopic (exact) mass is 484 g/mol. The number of ether oxygens (including phenoxy) is 1. The minimum atomic E-state index is -3.81. The summed E-state index contributed by atoms with van der Waals surface area (Å²) in [6.07, 6.45) is 0. The summed E-state index contributed by atoms with van der Waals surface area (Å²) in [7, 11) is -3.81. The third kappa shape index (κ3) is 4.27. The van der Waals surface area contributed by atoms with Crippen LogP contribution in [-0.4, -0.2) is 8.42 Å². The molecule has 0 saturated carbocycles. The molecule has 0 bridgehead atoms. The van der Waals surface area contributed by atoms with Crippen LogP contribution >= 0.6 is 11.6 Å². The highest BCUT2D eigenvalue weighted by atomic mass is 35.5. The summed E-state index contributed by atoms with van der Waals surface area (Å²) < 4.78 is 34.3. The van der Waals surface area contributed by atoms with Gasteiger partial charge in [0.1, 0.15) is 23.1 Å². The second-order valence-corrected chi connectivity index (χ2v) is 9.75. The predicted molar refractivity (Wildman–Crippen MR) is 135 cm³/mol. The number of halogens is 1. The van der Waals surface area contributed by atoms with Gasteiger partial charge in [0, 0.05) is 5.69 Å². The van der Waals surface area contributed by atoms with Crippen LogP contribution in [0.5, 0.6) is 11.5 Å². The maximum Gasteiger partial charge on any atom is 0.261 e. The highest BCUT2D eigenvalue weighted by Crippen LogP contribution is 2.31. The van der Waals surface area contributed by atoms with E-state index in [0.717, 1.165) is 21.5 Å². The number of hydrogen-bond acceptors (Lipinski definition) is 4. The SMILES string of the molecule is N#Cc1c(Cl)cccc1Oc1ccc(S(=O)(=O)Nc2ccc3cc4ccccc4cc3c2)cc1. The number of nitrogens with zero attached hydrogens (tertiary/aromatic N) is 1. The Balaban J connectivity index is 1.39. The summed E-state index contributed by atoms with van der Waals surface area (Å²) in [6, 6.07) is 30.5. The van der Waals surface area contributed by atoms with E-state index in [1.165, 1.54) is 24.3 Å². The highest BCUT2D eigenvalue weighted by molar-refractivity contribution is 7.92. The number of sulfonamides is 1. The van der Waals surface area contributed by atoms with Crippen LogP contribution in [0.4, 0.5) is 5.69 Å². The molecule has 0 saturated heterocycles. The van der Waals surface area contributed by atoms with Crippen LogP contribution in [0.3, 0.4) is 0 Å². The third-order valence-corrected chi connectivity index (χ3v) is 7.12. The van der Waals surface area contributed by atoms with Gasteiger partial charge in [-0.1, -0.05) is 48.0 Å². The molecule has 1 N–H and O–H groups in total. The molecular weight excluding hydrogens is 468 g/mol. The summed E-state index contributed by atoms with van der Waals surface area (Å²) in [5.74, 6) is 0.683. The first kappa shape index (κ1) is 21.8. The average molecular weight is 485 g/mol. The molecule has 0 fully saturated rings. The molecule has 5 aromatic carbocycles. The minimum absolute atomic E-state index is 0.0880. The van der Waals surface area contributed by atoms with Crippen molar-refractivity contribution in [3.8, 4) is 17.6 Å². The van der Waals surface area contributed by atoms with Crippen LogP contribution in [0.25, 0.3) is 21.5 Å². The number of nitriles is 1. The Bertz CT molecular complexity index is 1690. The van der Waals surface area contributed by atoms with E-state index in [1.807, 2.05) is 48.5 Å². The lowest BCUT2D eigenvalue weighted by Crippen LogP contribution is -2.12. The number of fused-ring (bicyclic) bond motifs is 2. The molecule has 0 amide bonds. The summed E-state index contributed by atoms with van der Waals surface area (Å²) in [6.45, 7) is 0. The zero-order valence-corrected chi connectivity index (χ0v) is 19.3. The van der Waals surface area contributed by atoms with Gasteiger partial charge in [-0.25, -0.2) is 8.42 Å². The first-order valence-electron chi connectivity index (χ1n) is 10.3. The van der Waals surface area contributed by atoms with Gasteiger partial charge in [-0.2, -0.15) is 5.26 Å². The number of hydrogen-bond donors (Lipinski definition) is 1. The van der Waals surface area contributed by atoms with Crippen LogP contribution in [0.1, 0.15) is 5.56 Å². The van der Waals surface area contributed by atoms with Gasteiger partial charge < -0.3 is 4.74 Å². The fourth-order valence-electron chi connectivity index (χ4n) is 3.73. The Labute approximate surface area is 201 Å². The summed E-state index contributed by atoms with van der Waals surface area (Å²) >= 11 is 6.03. The van der Waals surface area contributed by atoms with E-state index in [4.69, 9.17) is 16.3 Å². The lowest BCUT2D eigenvalue weighted by molar-refractivity contribution is 0.480. The predicted octanol–water partition coefficient (Wildman–Crippen LogP) is 7.11. The maximum atomic E-state index is 13.0. The Hall–Kier alpha value is -4.05. The Morgan fingerprint density at radius 3 is 2.15 bits per heavy atom. The van der Waals surface area contributed by atoms with Crippen molar-refractivity contribution in [3.05, 3.63) is 108 Å². The Kier molecular flexibility index (Phi) is 5.58. The molecule has 5 rings (SSSR count). The largest absolute Gasteiger partial charge is 0.456 e. The quantitative estimate of drug-likeness (QED) is 0.269. The first-order valence-corrected chi connectivity index (χ1v) is 12.2. The number of anilines is 1. The van der Waals surface area contributed by atoms with E-state index < -0.39 is 10.0 Å². The van der Waals surface area contributed by atoms with Gasteiger partial charge in [0.15, 0.2) is 0 Å². The fraction of sp³-hybridized carbons (Fsp3) is 0. The van der Waals surface area contributed by atoms with Gasteiger partial charge in [-0.15, -0.1) is 0 Å². The van der Waals surface area contributed by atoms with Crippen molar-refractivity contribution in [2.45, 2.75) is 4.90 Å². The van der Waals surface area contributed by atoms with Crippen LogP contribution in [0, 0.1) is 11.3 Å². The molecule has 0 atom stereocenters. The smallest absolute Gasteiger partial charge is 0.261 e. The molecule has 0 aromatic heterocycles. The molecule has 34 heavy (non-hydrogen) atoms. The van der Waals surface area contributed by atoms with Gasteiger partial charge in [0.25, 0.3) is 10.0 Å². The van der Waals surface area contributed by atoms with Crippen molar-refractivity contribution in [1.29, 1.82) is 5.26 Å². The van der Waals surface area contributed by atoms with Crippen LogP contribution in [0.15, 0.2) is 102 Å². The van der Waals surface area contributed by atoms with Crippen molar-refractivity contribution in [1.82, 2.24) is 0 Å². The zero-order valence-electron chi connectivity index (χ0n) is 17.7. The Morgan fingerprint density at radius 1 is 0.765 bits per heavy atom. The molecule has 5 nitrogen and oxygen atoms in total. The fourth-order valence-corrected chi connectivity index (χ4v) is 4.99. The second kappa shape index (κ2) is 8.71. The number of rotatable bonds is 5. The first-order chi connectivity index (χ1) is 16.4. The average Bonchev–Trinajstić information content (AvgIpc) is 2.83. The van der Waals surface area contributed by atoms with Crippen LogP contribution < -0.4 is 9.46 Å². The molecular formula is C27H17ClN2O3S.